The van der Waals surface area contributed by atoms with E-state index in [1.165, 1.54) is 5.56 Å². The molecule has 0 spiro atoms. The quantitative estimate of drug-likeness (QED) is 0.536. The fourth-order valence-corrected chi connectivity index (χ4v) is 3.24. The minimum Gasteiger partial charge on any atom is -0.347 e. The molecule has 1 amide bonds. The van der Waals surface area contributed by atoms with Crippen molar-refractivity contribution in [2.24, 2.45) is 0 Å². The highest BCUT2D eigenvalue weighted by atomic mass is 16.1. The Morgan fingerprint density at radius 3 is 2.03 bits per heavy atom. The fraction of sp³-hybridized carbons (Fsp3) is 0.222. The lowest BCUT2D eigenvalue weighted by molar-refractivity contribution is 0.0908. The summed E-state index contributed by atoms with van der Waals surface area (Å²) < 4.78 is 0. The van der Waals surface area contributed by atoms with E-state index in [1.807, 2.05) is 66.7 Å². The van der Waals surface area contributed by atoms with Crippen molar-refractivity contribution in [1.29, 1.82) is 0 Å². The van der Waals surface area contributed by atoms with Crippen LogP contribution in [0, 0.1) is 11.8 Å². The molecule has 1 N–H and O–H groups in total. The molecule has 0 aliphatic carbocycles. The standard InChI is InChI=1S/C27H27NO/c1-27(2,28-26(29)25-16-10-5-11-17-25)21-20-24(23-14-8-4-9-15-23)19-18-22-12-6-3-7-13-22/h3-17,24H,20-21H2,1-2H3,(H,28,29)/t24-/m1/s1. The van der Waals surface area contributed by atoms with Gasteiger partial charge in [0.05, 0.1) is 0 Å². The van der Waals surface area contributed by atoms with E-state index >= 15 is 0 Å². The zero-order chi connectivity index (χ0) is 20.5. The molecule has 29 heavy (non-hydrogen) atoms. The van der Waals surface area contributed by atoms with Gasteiger partial charge in [-0.25, -0.2) is 0 Å². The zero-order valence-corrected chi connectivity index (χ0v) is 17.1. The molecule has 2 nitrogen and oxygen atoms in total. The minimum atomic E-state index is -0.325. The average Bonchev–Trinajstić information content (AvgIpc) is 2.75. The van der Waals surface area contributed by atoms with Crippen LogP contribution in [0.1, 0.15) is 54.1 Å². The molecule has 0 aliphatic heterocycles. The number of rotatable bonds is 6. The molecule has 0 bridgehead atoms. The first kappa shape index (κ1) is 20.4. The molecule has 146 valence electrons. The van der Waals surface area contributed by atoms with Crippen LogP contribution in [-0.2, 0) is 0 Å². The maximum absolute atomic E-state index is 12.5. The highest BCUT2D eigenvalue weighted by molar-refractivity contribution is 5.94. The first-order valence-electron chi connectivity index (χ1n) is 10.0. The summed E-state index contributed by atoms with van der Waals surface area (Å²) in [4.78, 5) is 12.5. The SMILES string of the molecule is CC(C)(CC[C@@H](C#Cc1ccccc1)c1ccccc1)NC(=O)c1ccccc1. The number of hydrogen-bond donors (Lipinski definition) is 1. The summed E-state index contributed by atoms with van der Waals surface area (Å²) >= 11 is 0. The lowest BCUT2D eigenvalue weighted by atomic mass is 9.88. The van der Waals surface area contributed by atoms with Crippen molar-refractivity contribution in [3.05, 3.63) is 108 Å². The van der Waals surface area contributed by atoms with Crippen molar-refractivity contribution in [1.82, 2.24) is 5.32 Å². The van der Waals surface area contributed by atoms with E-state index < -0.39 is 0 Å². The highest BCUT2D eigenvalue weighted by Gasteiger charge is 2.23. The van der Waals surface area contributed by atoms with Crippen LogP contribution in [0.4, 0.5) is 0 Å². The van der Waals surface area contributed by atoms with E-state index in [4.69, 9.17) is 0 Å². The van der Waals surface area contributed by atoms with Gasteiger partial charge in [-0.3, -0.25) is 4.79 Å². The number of nitrogens with one attached hydrogen (secondary N) is 1. The van der Waals surface area contributed by atoms with Gasteiger partial charge >= 0.3 is 0 Å². The summed E-state index contributed by atoms with van der Waals surface area (Å²) in [5, 5.41) is 3.17. The van der Waals surface area contributed by atoms with Crippen molar-refractivity contribution in [2.45, 2.75) is 38.1 Å². The third kappa shape index (κ3) is 6.36. The summed E-state index contributed by atoms with van der Waals surface area (Å²) in [6.07, 6.45) is 1.69. The summed E-state index contributed by atoms with van der Waals surface area (Å²) in [5.41, 5.74) is 2.59. The van der Waals surface area contributed by atoms with E-state index in [1.54, 1.807) is 0 Å². The monoisotopic (exact) mass is 381 g/mol. The topological polar surface area (TPSA) is 29.1 Å². The molecule has 0 heterocycles. The molecule has 0 fully saturated rings. The van der Waals surface area contributed by atoms with Crippen LogP contribution in [0.5, 0.6) is 0 Å². The second-order valence-electron chi connectivity index (χ2n) is 7.84. The van der Waals surface area contributed by atoms with Crippen molar-refractivity contribution in [3.63, 3.8) is 0 Å². The molecule has 1 atom stereocenters. The van der Waals surface area contributed by atoms with E-state index in [0.717, 1.165) is 18.4 Å². The summed E-state index contributed by atoms with van der Waals surface area (Å²) in [6, 6.07) is 29.8. The van der Waals surface area contributed by atoms with Gasteiger partial charge in [0.2, 0.25) is 0 Å². The molecule has 0 aliphatic rings. The Bertz CT molecular complexity index is 967. The molecule has 3 aromatic carbocycles. The number of carbonyl (C=O) groups excluding carboxylic acids is 1. The number of carbonyl (C=O) groups is 1. The third-order valence-corrected chi connectivity index (χ3v) is 4.91. The molecule has 0 saturated heterocycles. The Morgan fingerprint density at radius 2 is 1.41 bits per heavy atom. The van der Waals surface area contributed by atoms with Crippen LogP contribution in [-0.4, -0.2) is 11.4 Å². The van der Waals surface area contributed by atoms with Crippen LogP contribution in [0.3, 0.4) is 0 Å². The summed E-state index contributed by atoms with van der Waals surface area (Å²) in [6.45, 7) is 4.14. The van der Waals surface area contributed by atoms with Crippen LogP contribution >= 0.6 is 0 Å². The maximum Gasteiger partial charge on any atom is 0.251 e. The maximum atomic E-state index is 12.5. The second kappa shape index (κ2) is 9.75. The first-order valence-corrected chi connectivity index (χ1v) is 10.0. The van der Waals surface area contributed by atoms with Crippen molar-refractivity contribution < 1.29 is 4.79 Å². The molecular formula is C27H27NO. The van der Waals surface area contributed by atoms with Gasteiger partial charge in [0.25, 0.3) is 5.91 Å². The fourth-order valence-electron chi connectivity index (χ4n) is 3.24. The van der Waals surface area contributed by atoms with Crippen molar-refractivity contribution in [2.75, 3.05) is 0 Å². The van der Waals surface area contributed by atoms with Gasteiger partial charge < -0.3 is 5.32 Å². The van der Waals surface area contributed by atoms with Gasteiger partial charge in [0.15, 0.2) is 0 Å². The number of benzene rings is 3. The Morgan fingerprint density at radius 1 is 0.862 bits per heavy atom. The van der Waals surface area contributed by atoms with Gasteiger partial charge in [0, 0.05) is 22.6 Å². The van der Waals surface area contributed by atoms with E-state index in [2.05, 4.69) is 55.3 Å². The third-order valence-electron chi connectivity index (χ3n) is 4.91. The smallest absolute Gasteiger partial charge is 0.251 e. The zero-order valence-electron chi connectivity index (χ0n) is 17.1. The minimum absolute atomic E-state index is 0.0396. The molecule has 2 heteroatoms. The van der Waals surface area contributed by atoms with Gasteiger partial charge in [0.1, 0.15) is 0 Å². The predicted octanol–water partition coefficient (Wildman–Crippen LogP) is 5.81. The lowest BCUT2D eigenvalue weighted by Crippen LogP contribution is -2.43. The molecule has 0 unspecified atom stereocenters. The highest BCUT2D eigenvalue weighted by Crippen LogP contribution is 2.25. The van der Waals surface area contributed by atoms with Crippen LogP contribution < -0.4 is 5.32 Å². The van der Waals surface area contributed by atoms with Gasteiger partial charge in [-0.1, -0.05) is 78.6 Å². The molecule has 3 aromatic rings. The number of hydrogen-bond acceptors (Lipinski definition) is 1. The van der Waals surface area contributed by atoms with E-state index in [9.17, 15) is 4.79 Å². The van der Waals surface area contributed by atoms with Crippen LogP contribution in [0.15, 0.2) is 91.0 Å². The number of amides is 1. The Hall–Kier alpha value is -3.31. The second-order valence-corrected chi connectivity index (χ2v) is 7.84. The molecule has 0 aromatic heterocycles. The molecular weight excluding hydrogens is 354 g/mol. The Labute approximate surface area is 174 Å². The normalized spacial score (nSPS) is 11.8. The molecule has 0 saturated carbocycles. The summed E-state index contributed by atoms with van der Waals surface area (Å²) in [5.74, 6) is 6.83. The Kier molecular flexibility index (Phi) is 6.87. The van der Waals surface area contributed by atoms with Gasteiger partial charge in [-0.05, 0) is 56.5 Å². The van der Waals surface area contributed by atoms with Crippen LogP contribution in [0.2, 0.25) is 0 Å². The van der Waals surface area contributed by atoms with E-state index in [0.29, 0.717) is 5.56 Å². The predicted molar refractivity (Wildman–Crippen MR) is 120 cm³/mol. The largest absolute Gasteiger partial charge is 0.347 e. The first-order chi connectivity index (χ1) is 14.0. The van der Waals surface area contributed by atoms with Crippen molar-refractivity contribution in [3.8, 4) is 11.8 Å². The summed E-state index contributed by atoms with van der Waals surface area (Å²) in [7, 11) is 0. The van der Waals surface area contributed by atoms with Gasteiger partial charge in [-0.2, -0.15) is 0 Å². The van der Waals surface area contributed by atoms with Crippen LogP contribution in [0.25, 0.3) is 0 Å². The van der Waals surface area contributed by atoms with Gasteiger partial charge in [-0.15, -0.1) is 0 Å². The lowest BCUT2D eigenvalue weighted by Gasteiger charge is -2.27. The molecule has 0 radical (unpaired) electrons. The van der Waals surface area contributed by atoms with E-state index in [-0.39, 0.29) is 17.4 Å². The molecule has 3 rings (SSSR count). The van der Waals surface area contributed by atoms with Crippen molar-refractivity contribution >= 4 is 5.91 Å². The Balaban J connectivity index is 1.71. The average molecular weight is 382 g/mol.